The van der Waals surface area contributed by atoms with Crippen LogP contribution in [0, 0.1) is 6.92 Å². The molecule has 0 fully saturated rings. The standard InChI is InChI=1S/C20H22Cl2N4O3S/c1-4-11-26-19(23-24-20(26)29-15-7-5-13(2)6-8-15)14(3)25-30(27,28)16-9-10-17(21)18(22)12-16/h5-10,12,14,25H,4,11H2,1-3H3/t14-/m1/s1. The third-order valence-corrected chi connectivity index (χ3v) is 6.62. The molecule has 0 aliphatic rings. The molecule has 1 aromatic heterocycles. The van der Waals surface area contributed by atoms with E-state index in [0.717, 1.165) is 12.0 Å². The topological polar surface area (TPSA) is 86.1 Å². The van der Waals surface area contributed by atoms with Crippen LogP contribution < -0.4 is 9.46 Å². The molecule has 2 aromatic carbocycles. The molecule has 7 nitrogen and oxygen atoms in total. The molecule has 0 unspecified atom stereocenters. The monoisotopic (exact) mass is 468 g/mol. The van der Waals surface area contributed by atoms with E-state index >= 15 is 0 Å². The van der Waals surface area contributed by atoms with Crippen molar-refractivity contribution in [1.82, 2.24) is 19.5 Å². The number of halogens is 2. The lowest BCUT2D eigenvalue weighted by molar-refractivity contribution is 0.401. The van der Waals surface area contributed by atoms with Crippen LogP contribution in [0.15, 0.2) is 47.4 Å². The number of aryl methyl sites for hydroxylation is 1. The zero-order chi connectivity index (χ0) is 21.9. The Morgan fingerprint density at radius 1 is 1.10 bits per heavy atom. The maximum absolute atomic E-state index is 12.8. The first kappa shape index (κ1) is 22.6. The van der Waals surface area contributed by atoms with Crippen molar-refractivity contribution in [3.8, 4) is 11.8 Å². The fourth-order valence-corrected chi connectivity index (χ4v) is 4.43. The van der Waals surface area contributed by atoms with Crippen molar-refractivity contribution in [3.63, 3.8) is 0 Å². The number of hydrogen-bond donors (Lipinski definition) is 1. The highest BCUT2D eigenvalue weighted by atomic mass is 35.5. The molecule has 0 aliphatic heterocycles. The molecular formula is C20H22Cl2N4O3S. The molecule has 1 heterocycles. The summed E-state index contributed by atoms with van der Waals surface area (Å²) in [6.45, 7) is 6.26. The molecule has 1 atom stereocenters. The molecule has 0 radical (unpaired) electrons. The Morgan fingerprint density at radius 3 is 2.43 bits per heavy atom. The van der Waals surface area contributed by atoms with Crippen molar-refractivity contribution >= 4 is 33.2 Å². The minimum atomic E-state index is -3.85. The number of rotatable bonds is 8. The summed E-state index contributed by atoms with van der Waals surface area (Å²) in [5.74, 6) is 1.07. The first-order valence-corrected chi connectivity index (χ1v) is 11.6. The van der Waals surface area contributed by atoms with Crippen LogP contribution in [0.5, 0.6) is 11.8 Å². The number of aromatic nitrogens is 3. The average molecular weight is 469 g/mol. The minimum absolute atomic E-state index is 0.0152. The summed E-state index contributed by atoms with van der Waals surface area (Å²) in [6.07, 6.45) is 0.793. The van der Waals surface area contributed by atoms with Crippen molar-refractivity contribution in [2.24, 2.45) is 0 Å². The van der Waals surface area contributed by atoms with Gasteiger partial charge in [-0.2, -0.15) is 0 Å². The summed E-state index contributed by atoms with van der Waals surface area (Å²) in [7, 11) is -3.85. The normalized spacial score (nSPS) is 12.7. The van der Waals surface area contributed by atoms with Crippen LogP contribution >= 0.6 is 23.2 Å². The Balaban J connectivity index is 1.86. The minimum Gasteiger partial charge on any atom is -0.424 e. The molecule has 0 saturated carbocycles. The lowest BCUT2D eigenvalue weighted by atomic mass is 10.2. The summed E-state index contributed by atoms with van der Waals surface area (Å²) in [5, 5.41) is 8.73. The highest BCUT2D eigenvalue weighted by molar-refractivity contribution is 7.89. The number of hydrogen-bond acceptors (Lipinski definition) is 5. The Bertz CT molecular complexity index is 1130. The molecule has 160 valence electrons. The molecule has 10 heteroatoms. The molecule has 0 bridgehead atoms. The lowest BCUT2D eigenvalue weighted by Gasteiger charge is -2.16. The van der Waals surface area contributed by atoms with E-state index in [1.165, 1.54) is 18.2 Å². The fraction of sp³-hybridized carbons (Fsp3) is 0.300. The van der Waals surface area contributed by atoms with Crippen LogP contribution in [0.25, 0.3) is 0 Å². The van der Waals surface area contributed by atoms with Gasteiger partial charge < -0.3 is 4.74 Å². The van der Waals surface area contributed by atoms with Gasteiger partial charge >= 0.3 is 6.01 Å². The number of sulfonamides is 1. The second-order valence-electron chi connectivity index (χ2n) is 6.83. The Kier molecular flexibility index (Phi) is 7.02. The van der Waals surface area contributed by atoms with Crippen LogP contribution in [0.2, 0.25) is 10.0 Å². The summed E-state index contributed by atoms with van der Waals surface area (Å²) >= 11 is 11.8. The maximum atomic E-state index is 12.8. The fourth-order valence-electron chi connectivity index (χ4n) is 2.84. The Hall–Kier alpha value is -2.13. The molecule has 30 heavy (non-hydrogen) atoms. The van der Waals surface area contributed by atoms with Crippen LogP contribution in [0.4, 0.5) is 0 Å². The van der Waals surface area contributed by atoms with Gasteiger partial charge in [0.1, 0.15) is 5.75 Å². The zero-order valence-corrected chi connectivity index (χ0v) is 19.1. The highest BCUT2D eigenvalue weighted by Gasteiger charge is 2.24. The van der Waals surface area contributed by atoms with Crippen LogP contribution in [-0.4, -0.2) is 23.2 Å². The summed E-state index contributed by atoms with van der Waals surface area (Å²) < 4.78 is 35.8. The largest absolute Gasteiger partial charge is 0.424 e. The Morgan fingerprint density at radius 2 is 1.80 bits per heavy atom. The van der Waals surface area contributed by atoms with Gasteiger partial charge in [-0.3, -0.25) is 4.57 Å². The Labute approximate surface area is 186 Å². The van der Waals surface area contributed by atoms with E-state index in [-0.39, 0.29) is 14.9 Å². The second-order valence-corrected chi connectivity index (χ2v) is 9.35. The molecule has 1 N–H and O–H groups in total. The average Bonchev–Trinajstić information content (AvgIpc) is 3.08. The van der Waals surface area contributed by atoms with Gasteiger partial charge in [-0.15, -0.1) is 5.10 Å². The molecule has 0 saturated heterocycles. The quantitative estimate of drug-likeness (QED) is 0.494. The summed E-state index contributed by atoms with van der Waals surface area (Å²) in [4.78, 5) is 0.0152. The first-order valence-electron chi connectivity index (χ1n) is 9.36. The van der Waals surface area contributed by atoms with Crippen molar-refractivity contribution in [2.45, 2.75) is 44.7 Å². The SMILES string of the molecule is CCCn1c(Oc2ccc(C)cc2)nnc1[C@@H](C)NS(=O)(=O)c1ccc(Cl)c(Cl)c1. The second kappa shape index (κ2) is 9.34. The number of nitrogens with zero attached hydrogens (tertiary/aromatic N) is 3. The predicted octanol–water partition coefficient (Wildman–Crippen LogP) is 5.14. The molecular weight excluding hydrogens is 447 g/mol. The predicted molar refractivity (Wildman–Crippen MR) is 117 cm³/mol. The molecule has 0 spiro atoms. The summed E-state index contributed by atoms with van der Waals surface area (Å²) in [5.41, 5.74) is 1.11. The van der Waals surface area contributed by atoms with Gasteiger partial charge in [0, 0.05) is 6.54 Å². The van der Waals surface area contributed by atoms with E-state index in [9.17, 15) is 8.42 Å². The van der Waals surface area contributed by atoms with E-state index in [0.29, 0.717) is 24.1 Å². The smallest absolute Gasteiger partial charge is 0.322 e. The van der Waals surface area contributed by atoms with Gasteiger partial charge in [-0.25, -0.2) is 13.1 Å². The van der Waals surface area contributed by atoms with E-state index in [2.05, 4.69) is 14.9 Å². The first-order chi connectivity index (χ1) is 14.2. The van der Waals surface area contributed by atoms with Gasteiger partial charge in [-0.1, -0.05) is 52.9 Å². The van der Waals surface area contributed by atoms with E-state index in [1.807, 2.05) is 38.1 Å². The molecule has 3 rings (SSSR count). The van der Waals surface area contributed by atoms with Gasteiger partial charge in [0.15, 0.2) is 5.82 Å². The maximum Gasteiger partial charge on any atom is 0.322 e. The molecule has 0 amide bonds. The third kappa shape index (κ3) is 5.13. The zero-order valence-electron chi connectivity index (χ0n) is 16.8. The summed E-state index contributed by atoms with van der Waals surface area (Å²) in [6, 6.07) is 11.3. The van der Waals surface area contributed by atoms with Gasteiger partial charge in [-0.05, 0) is 50.6 Å². The van der Waals surface area contributed by atoms with Gasteiger partial charge in [0.05, 0.1) is 21.0 Å². The van der Waals surface area contributed by atoms with Gasteiger partial charge in [0.25, 0.3) is 0 Å². The van der Waals surface area contributed by atoms with Gasteiger partial charge in [0.2, 0.25) is 10.0 Å². The van der Waals surface area contributed by atoms with E-state index in [4.69, 9.17) is 27.9 Å². The van der Waals surface area contributed by atoms with E-state index in [1.54, 1.807) is 11.5 Å². The number of benzene rings is 2. The number of nitrogens with one attached hydrogen (secondary N) is 1. The van der Waals surface area contributed by atoms with Crippen molar-refractivity contribution in [3.05, 3.63) is 63.9 Å². The van der Waals surface area contributed by atoms with Crippen molar-refractivity contribution < 1.29 is 13.2 Å². The van der Waals surface area contributed by atoms with Crippen molar-refractivity contribution in [2.75, 3.05) is 0 Å². The van der Waals surface area contributed by atoms with Crippen molar-refractivity contribution in [1.29, 1.82) is 0 Å². The molecule has 0 aliphatic carbocycles. The van der Waals surface area contributed by atoms with Crippen LogP contribution in [0.1, 0.15) is 37.7 Å². The molecule has 3 aromatic rings. The van der Waals surface area contributed by atoms with E-state index < -0.39 is 16.1 Å². The lowest BCUT2D eigenvalue weighted by Crippen LogP contribution is -2.29. The number of ether oxygens (including phenoxy) is 1. The third-order valence-electron chi connectivity index (χ3n) is 4.34. The van der Waals surface area contributed by atoms with Crippen LogP contribution in [0.3, 0.4) is 0 Å². The van der Waals surface area contributed by atoms with Crippen LogP contribution in [-0.2, 0) is 16.6 Å². The highest BCUT2D eigenvalue weighted by Crippen LogP contribution is 2.27.